The minimum Gasteiger partial charge on any atom is -0.371 e. The molecule has 2 aromatic carbocycles. The lowest BCUT2D eigenvalue weighted by Gasteiger charge is -2.44. The van der Waals surface area contributed by atoms with Crippen LogP contribution >= 0.6 is 11.6 Å². The van der Waals surface area contributed by atoms with Gasteiger partial charge in [-0.05, 0) is 79.3 Å². The van der Waals surface area contributed by atoms with Crippen LogP contribution in [-0.4, -0.2) is 68.1 Å². The van der Waals surface area contributed by atoms with Crippen molar-refractivity contribution in [2.45, 2.75) is 51.1 Å². The molecule has 0 aliphatic carbocycles. The molecular formula is C30H36ClF4N3O2. The van der Waals surface area contributed by atoms with Crippen molar-refractivity contribution in [3.8, 4) is 0 Å². The zero-order valence-electron chi connectivity index (χ0n) is 23.1. The Hall–Kier alpha value is -2.81. The normalized spacial score (nSPS) is 18.9. The Bertz CT molecular complexity index is 1220. The van der Waals surface area contributed by atoms with Crippen LogP contribution in [0.5, 0.6) is 0 Å². The molecule has 40 heavy (non-hydrogen) atoms. The van der Waals surface area contributed by atoms with Crippen LogP contribution in [0.4, 0.5) is 23.2 Å². The summed E-state index contributed by atoms with van der Waals surface area (Å²) < 4.78 is 55.2. The summed E-state index contributed by atoms with van der Waals surface area (Å²) in [5, 5.41) is 0.428. The van der Waals surface area contributed by atoms with Gasteiger partial charge in [0.2, 0.25) is 5.91 Å². The average molecular weight is 582 g/mol. The lowest BCUT2D eigenvalue weighted by Crippen LogP contribution is -2.47. The highest BCUT2D eigenvalue weighted by molar-refractivity contribution is 6.34. The molecule has 2 heterocycles. The minimum atomic E-state index is -4.80. The Morgan fingerprint density at radius 1 is 1.05 bits per heavy atom. The first kappa shape index (κ1) is 30.2. The predicted molar refractivity (Wildman–Crippen MR) is 148 cm³/mol. The molecule has 2 aromatic rings. The highest BCUT2D eigenvalue weighted by Crippen LogP contribution is 2.43. The molecule has 0 radical (unpaired) electrons. The van der Waals surface area contributed by atoms with Gasteiger partial charge in [0.25, 0.3) is 5.91 Å². The van der Waals surface area contributed by atoms with Crippen molar-refractivity contribution in [1.82, 2.24) is 9.80 Å². The minimum absolute atomic E-state index is 0.0618. The van der Waals surface area contributed by atoms with Crippen LogP contribution in [0.15, 0.2) is 42.5 Å². The second kappa shape index (κ2) is 12.0. The SMILES string of the molecule is CN(C)C(=O)c1ccc(N2CCC(CC3(C)CCN(C(=O)C(c4cccc(F)c4)C(F)(F)F)CC3)CC2)cc1Cl. The molecule has 2 aliphatic heterocycles. The molecule has 0 saturated carbocycles. The molecule has 1 atom stereocenters. The Labute approximate surface area is 238 Å². The maximum absolute atomic E-state index is 13.9. The topological polar surface area (TPSA) is 43.9 Å². The van der Waals surface area contributed by atoms with Crippen molar-refractivity contribution in [2.75, 3.05) is 45.2 Å². The summed E-state index contributed by atoms with van der Waals surface area (Å²) in [6.45, 7) is 4.38. The van der Waals surface area contributed by atoms with Gasteiger partial charge in [-0.25, -0.2) is 4.39 Å². The fraction of sp³-hybridized carbons (Fsp3) is 0.533. The summed E-state index contributed by atoms with van der Waals surface area (Å²) in [4.78, 5) is 30.3. The van der Waals surface area contributed by atoms with Gasteiger partial charge in [0.1, 0.15) is 5.82 Å². The van der Waals surface area contributed by atoms with Crippen molar-refractivity contribution in [3.63, 3.8) is 0 Å². The zero-order valence-corrected chi connectivity index (χ0v) is 23.9. The van der Waals surface area contributed by atoms with Gasteiger partial charge in [0, 0.05) is 46.0 Å². The number of likely N-dealkylation sites (tertiary alicyclic amines) is 1. The second-order valence-electron chi connectivity index (χ2n) is 11.7. The zero-order chi connectivity index (χ0) is 29.2. The summed E-state index contributed by atoms with van der Waals surface area (Å²) in [6.07, 6.45) is -0.639. The van der Waals surface area contributed by atoms with Crippen LogP contribution in [-0.2, 0) is 4.79 Å². The molecule has 1 unspecified atom stereocenters. The molecule has 2 aliphatic rings. The smallest absolute Gasteiger partial charge is 0.371 e. The van der Waals surface area contributed by atoms with Crippen molar-refractivity contribution in [1.29, 1.82) is 0 Å². The fourth-order valence-electron chi connectivity index (χ4n) is 6.02. The number of amides is 2. The Morgan fingerprint density at radius 3 is 2.25 bits per heavy atom. The molecule has 5 nitrogen and oxygen atoms in total. The summed E-state index contributed by atoms with van der Waals surface area (Å²) in [6, 6.07) is 9.75. The molecule has 10 heteroatoms. The van der Waals surface area contributed by atoms with E-state index in [2.05, 4.69) is 11.8 Å². The number of hydrogen-bond donors (Lipinski definition) is 0. The molecule has 0 spiro atoms. The summed E-state index contributed by atoms with van der Waals surface area (Å²) in [7, 11) is 3.37. The van der Waals surface area contributed by atoms with Gasteiger partial charge < -0.3 is 14.7 Å². The number of hydrogen-bond acceptors (Lipinski definition) is 3. The van der Waals surface area contributed by atoms with Gasteiger partial charge in [-0.1, -0.05) is 30.7 Å². The van der Waals surface area contributed by atoms with E-state index < -0.39 is 23.8 Å². The van der Waals surface area contributed by atoms with Crippen molar-refractivity contribution < 1.29 is 27.2 Å². The maximum atomic E-state index is 13.9. The number of alkyl halides is 3. The number of piperidine rings is 2. The average Bonchev–Trinajstić information content (AvgIpc) is 2.88. The fourth-order valence-corrected chi connectivity index (χ4v) is 6.27. The van der Waals surface area contributed by atoms with E-state index >= 15 is 0 Å². The number of benzene rings is 2. The number of rotatable bonds is 6. The first-order valence-electron chi connectivity index (χ1n) is 13.6. The van der Waals surface area contributed by atoms with Gasteiger partial charge in [0.05, 0.1) is 10.6 Å². The van der Waals surface area contributed by atoms with Crippen molar-refractivity contribution in [2.24, 2.45) is 11.3 Å². The van der Waals surface area contributed by atoms with E-state index in [1.165, 1.54) is 15.9 Å². The van der Waals surface area contributed by atoms with Crippen LogP contribution in [0.1, 0.15) is 60.9 Å². The number of halogens is 5. The molecule has 218 valence electrons. The van der Waals surface area contributed by atoms with E-state index in [9.17, 15) is 27.2 Å². The van der Waals surface area contributed by atoms with Gasteiger partial charge in [-0.3, -0.25) is 9.59 Å². The lowest BCUT2D eigenvalue weighted by molar-refractivity contribution is -0.173. The van der Waals surface area contributed by atoms with E-state index in [1.807, 2.05) is 12.1 Å². The van der Waals surface area contributed by atoms with E-state index in [1.54, 1.807) is 20.2 Å². The van der Waals surface area contributed by atoms with Crippen LogP contribution in [0.25, 0.3) is 0 Å². The van der Waals surface area contributed by atoms with Gasteiger partial charge in [0.15, 0.2) is 5.92 Å². The third kappa shape index (κ3) is 6.90. The van der Waals surface area contributed by atoms with E-state index in [-0.39, 0.29) is 30.0 Å². The maximum Gasteiger partial charge on any atom is 0.404 e. The quantitative estimate of drug-likeness (QED) is 0.354. The Kier molecular flexibility index (Phi) is 9.02. The summed E-state index contributed by atoms with van der Waals surface area (Å²) >= 11 is 6.40. The molecule has 2 amide bonds. The van der Waals surface area contributed by atoms with Gasteiger partial charge in [-0.15, -0.1) is 0 Å². The molecular weight excluding hydrogens is 546 g/mol. The number of nitrogens with zero attached hydrogens (tertiary/aromatic N) is 3. The standard InChI is InChI=1S/C30H36ClF4N3O2/c1-29(11-15-38(16-12-29)28(40)26(30(33,34)35)21-5-4-6-22(32)17-21)19-20-9-13-37(14-10-20)23-7-8-24(25(31)18-23)27(39)36(2)3/h4-8,17-18,20,26H,9-16,19H2,1-3H3. The number of carbonyl (C=O) groups excluding carboxylic acids is 2. The second-order valence-corrected chi connectivity index (χ2v) is 12.1. The van der Waals surface area contributed by atoms with E-state index in [0.717, 1.165) is 56.2 Å². The van der Waals surface area contributed by atoms with Crippen molar-refractivity contribution >= 4 is 29.1 Å². The van der Waals surface area contributed by atoms with Gasteiger partial charge >= 0.3 is 6.18 Å². The predicted octanol–water partition coefficient (Wildman–Crippen LogP) is 6.76. The summed E-state index contributed by atoms with van der Waals surface area (Å²) in [5.41, 5.74) is 1.03. The highest BCUT2D eigenvalue weighted by Gasteiger charge is 2.48. The highest BCUT2D eigenvalue weighted by atomic mass is 35.5. The van der Waals surface area contributed by atoms with Crippen molar-refractivity contribution in [3.05, 3.63) is 64.4 Å². The number of anilines is 1. The third-order valence-corrected chi connectivity index (χ3v) is 8.70. The van der Waals surface area contributed by atoms with Crippen LogP contribution in [0.2, 0.25) is 5.02 Å². The van der Waals surface area contributed by atoms with Gasteiger partial charge in [-0.2, -0.15) is 13.2 Å². The molecule has 2 fully saturated rings. The summed E-state index contributed by atoms with van der Waals surface area (Å²) in [5.74, 6) is -3.83. The molecule has 0 N–H and O–H groups in total. The van der Waals surface area contributed by atoms with E-state index in [0.29, 0.717) is 29.3 Å². The first-order chi connectivity index (χ1) is 18.8. The first-order valence-corrected chi connectivity index (χ1v) is 14.0. The molecule has 0 bridgehead atoms. The molecule has 4 rings (SSSR count). The van der Waals surface area contributed by atoms with Crippen LogP contribution in [0.3, 0.4) is 0 Å². The van der Waals surface area contributed by atoms with Crippen LogP contribution < -0.4 is 4.90 Å². The molecule has 2 saturated heterocycles. The van der Waals surface area contributed by atoms with E-state index in [4.69, 9.17) is 11.6 Å². The lowest BCUT2D eigenvalue weighted by atomic mass is 9.71. The largest absolute Gasteiger partial charge is 0.404 e. The number of carbonyl (C=O) groups is 2. The van der Waals surface area contributed by atoms with Crippen LogP contribution in [0, 0.1) is 17.2 Å². The Morgan fingerprint density at radius 2 is 1.70 bits per heavy atom. The Balaban J connectivity index is 1.32. The monoisotopic (exact) mass is 581 g/mol. The molecule has 0 aromatic heterocycles. The third-order valence-electron chi connectivity index (χ3n) is 8.39.